The molecule has 1 heterocycles. The van der Waals surface area contributed by atoms with Gasteiger partial charge in [-0.05, 0) is 31.5 Å². The number of anilines is 1. The molecule has 2 aromatic rings. The topological polar surface area (TPSA) is 57.5 Å². The number of aryl methyl sites for hydroxylation is 1. The Labute approximate surface area is 167 Å². The lowest BCUT2D eigenvalue weighted by molar-refractivity contribution is 0.568. The number of nitrogens with zero attached hydrogens (tertiary/aromatic N) is 4. The summed E-state index contributed by atoms with van der Waals surface area (Å²) in [4.78, 5) is 6.54. The average molecular weight is 456 g/mol. The zero-order valence-electron chi connectivity index (χ0n) is 15.2. The van der Waals surface area contributed by atoms with E-state index in [4.69, 9.17) is 0 Å². The molecule has 0 radical (unpaired) electrons. The average Bonchev–Trinajstić information content (AvgIpc) is 3.14. The largest absolute Gasteiger partial charge is 0.370 e. The number of aliphatic imine (C=N–C) groups is 1. The van der Waals surface area contributed by atoms with Crippen molar-refractivity contribution in [1.82, 2.24) is 20.4 Å². The fraction of sp³-hybridized carbons (Fsp3) is 0.444. The fourth-order valence-electron chi connectivity index (χ4n) is 2.40. The first-order chi connectivity index (χ1) is 11.7. The van der Waals surface area contributed by atoms with Crippen molar-refractivity contribution in [3.63, 3.8) is 0 Å². The van der Waals surface area contributed by atoms with Gasteiger partial charge >= 0.3 is 0 Å². The van der Waals surface area contributed by atoms with Gasteiger partial charge in [0.15, 0.2) is 5.96 Å². The quantitative estimate of drug-likeness (QED) is 0.278. The summed E-state index contributed by atoms with van der Waals surface area (Å²) in [5, 5.41) is 10.9. The molecule has 1 atom stereocenters. The number of halogens is 1. The predicted molar refractivity (Wildman–Crippen MR) is 116 cm³/mol. The molecular formula is C18H29IN6. The molecule has 0 fully saturated rings. The molecule has 138 valence electrons. The second-order valence-electron chi connectivity index (χ2n) is 5.80. The highest BCUT2D eigenvalue weighted by Gasteiger charge is 2.10. The molecule has 25 heavy (non-hydrogen) atoms. The van der Waals surface area contributed by atoms with Gasteiger partial charge < -0.3 is 15.5 Å². The number of likely N-dealkylation sites (N-methyl/N-ethyl adjacent to an activating group) is 1. The second-order valence-corrected chi connectivity index (χ2v) is 5.80. The number of guanidine groups is 1. The smallest absolute Gasteiger partial charge is 0.191 e. The van der Waals surface area contributed by atoms with Crippen molar-refractivity contribution < 1.29 is 0 Å². The first-order valence-electron chi connectivity index (χ1n) is 8.40. The number of rotatable bonds is 8. The Morgan fingerprint density at radius 3 is 2.64 bits per heavy atom. The summed E-state index contributed by atoms with van der Waals surface area (Å²) < 4.78 is 1.94. The van der Waals surface area contributed by atoms with Crippen molar-refractivity contribution in [3.8, 4) is 0 Å². The van der Waals surface area contributed by atoms with Crippen LogP contribution in [0.2, 0.25) is 0 Å². The van der Waals surface area contributed by atoms with Crippen molar-refractivity contribution in [2.24, 2.45) is 4.99 Å². The third kappa shape index (κ3) is 7.33. The highest BCUT2D eigenvalue weighted by atomic mass is 127. The molecule has 1 aromatic heterocycles. The standard InChI is InChI=1S/C18H28N6.HI/c1-16(23(3)17-9-5-4-6-10-17)15-21-18(19-2)20-11-7-13-24-14-8-12-22-24;/h4-6,8-10,12,14,16H,7,11,13,15H2,1-3H3,(H2,19,20,21);1H. The lowest BCUT2D eigenvalue weighted by atomic mass is 10.2. The van der Waals surface area contributed by atoms with Crippen molar-refractivity contribution in [2.45, 2.75) is 25.9 Å². The molecule has 0 saturated carbocycles. The Kier molecular flexibility index (Phi) is 9.98. The summed E-state index contributed by atoms with van der Waals surface area (Å²) in [6.07, 6.45) is 4.79. The van der Waals surface area contributed by atoms with E-state index in [1.165, 1.54) is 5.69 Å². The van der Waals surface area contributed by atoms with E-state index in [0.717, 1.165) is 32.0 Å². The maximum Gasteiger partial charge on any atom is 0.191 e. The van der Waals surface area contributed by atoms with Crippen LogP contribution in [0.5, 0.6) is 0 Å². The van der Waals surface area contributed by atoms with Crippen LogP contribution in [0.4, 0.5) is 5.69 Å². The molecular weight excluding hydrogens is 427 g/mol. The lowest BCUT2D eigenvalue weighted by Crippen LogP contribution is -2.45. The van der Waals surface area contributed by atoms with Crippen molar-refractivity contribution in [1.29, 1.82) is 0 Å². The Morgan fingerprint density at radius 1 is 1.24 bits per heavy atom. The summed E-state index contributed by atoms with van der Waals surface area (Å²) >= 11 is 0. The van der Waals surface area contributed by atoms with Gasteiger partial charge in [0.05, 0.1) is 0 Å². The van der Waals surface area contributed by atoms with Crippen LogP contribution in [-0.4, -0.2) is 49.0 Å². The summed E-state index contributed by atoms with van der Waals surface area (Å²) in [5.41, 5.74) is 1.22. The highest BCUT2D eigenvalue weighted by Crippen LogP contribution is 2.13. The minimum Gasteiger partial charge on any atom is -0.370 e. The number of hydrogen-bond acceptors (Lipinski definition) is 3. The van der Waals surface area contributed by atoms with E-state index in [9.17, 15) is 0 Å². The Bertz CT molecular complexity index is 599. The van der Waals surface area contributed by atoms with Gasteiger partial charge in [0.1, 0.15) is 0 Å². The Morgan fingerprint density at radius 2 is 2.00 bits per heavy atom. The van der Waals surface area contributed by atoms with Crippen LogP contribution in [0.25, 0.3) is 0 Å². The summed E-state index contributed by atoms with van der Waals surface area (Å²) in [6, 6.07) is 12.7. The molecule has 6 nitrogen and oxygen atoms in total. The molecule has 7 heteroatoms. The molecule has 2 rings (SSSR count). The van der Waals surface area contributed by atoms with E-state index >= 15 is 0 Å². The van der Waals surface area contributed by atoms with E-state index in [1.54, 1.807) is 13.2 Å². The molecule has 0 aliphatic rings. The van der Waals surface area contributed by atoms with Crippen LogP contribution in [0, 0.1) is 0 Å². The normalized spacial score (nSPS) is 12.2. The van der Waals surface area contributed by atoms with Crippen molar-refractivity contribution >= 4 is 35.6 Å². The van der Waals surface area contributed by atoms with Gasteiger partial charge in [0, 0.05) is 57.9 Å². The molecule has 0 aliphatic heterocycles. The summed E-state index contributed by atoms with van der Waals surface area (Å²) in [6.45, 7) is 4.79. The second kappa shape index (κ2) is 11.7. The molecule has 1 unspecified atom stereocenters. The van der Waals surface area contributed by atoms with Gasteiger partial charge in [-0.15, -0.1) is 24.0 Å². The van der Waals surface area contributed by atoms with Crippen LogP contribution in [0.1, 0.15) is 13.3 Å². The molecule has 0 saturated heterocycles. The van der Waals surface area contributed by atoms with Gasteiger partial charge in [-0.2, -0.15) is 5.10 Å². The third-order valence-electron chi connectivity index (χ3n) is 4.03. The van der Waals surface area contributed by atoms with Crippen molar-refractivity contribution in [3.05, 3.63) is 48.8 Å². The van der Waals surface area contributed by atoms with Gasteiger partial charge in [-0.1, -0.05) is 18.2 Å². The van der Waals surface area contributed by atoms with Crippen LogP contribution < -0.4 is 15.5 Å². The zero-order chi connectivity index (χ0) is 17.2. The molecule has 0 bridgehead atoms. The Hall–Kier alpha value is -1.77. The number of nitrogens with one attached hydrogen (secondary N) is 2. The Balaban J connectivity index is 0.00000312. The zero-order valence-corrected chi connectivity index (χ0v) is 17.6. The van der Waals surface area contributed by atoms with E-state index in [1.807, 2.05) is 23.0 Å². The van der Waals surface area contributed by atoms with E-state index < -0.39 is 0 Å². The van der Waals surface area contributed by atoms with Gasteiger partial charge in [0.2, 0.25) is 0 Å². The van der Waals surface area contributed by atoms with Crippen molar-refractivity contribution in [2.75, 3.05) is 32.1 Å². The van der Waals surface area contributed by atoms with Gasteiger partial charge in [0.25, 0.3) is 0 Å². The SMILES string of the molecule is CN=C(NCCCn1cccn1)NCC(C)N(C)c1ccccc1.I. The molecule has 1 aromatic carbocycles. The number of hydrogen-bond donors (Lipinski definition) is 2. The van der Waals surface area contributed by atoms with Gasteiger partial charge in [-0.3, -0.25) is 9.67 Å². The monoisotopic (exact) mass is 456 g/mol. The van der Waals surface area contributed by atoms with Crippen LogP contribution in [0.3, 0.4) is 0 Å². The first-order valence-corrected chi connectivity index (χ1v) is 8.40. The van der Waals surface area contributed by atoms with Crippen LogP contribution in [-0.2, 0) is 6.54 Å². The maximum absolute atomic E-state index is 4.28. The minimum atomic E-state index is 0. The molecule has 0 amide bonds. The number of para-hydroxylation sites is 1. The number of benzene rings is 1. The minimum absolute atomic E-state index is 0. The third-order valence-corrected chi connectivity index (χ3v) is 4.03. The molecule has 0 aliphatic carbocycles. The van der Waals surface area contributed by atoms with Crippen LogP contribution in [0.15, 0.2) is 53.8 Å². The summed E-state index contributed by atoms with van der Waals surface area (Å²) in [7, 11) is 3.91. The molecule has 2 N–H and O–H groups in total. The molecule has 0 spiro atoms. The predicted octanol–water partition coefficient (Wildman–Crippen LogP) is 2.58. The first kappa shape index (κ1) is 21.3. The fourth-order valence-corrected chi connectivity index (χ4v) is 2.40. The van der Waals surface area contributed by atoms with E-state index in [-0.39, 0.29) is 24.0 Å². The summed E-state index contributed by atoms with van der Waals surface area (Å²) in [5.74, 6) is 0.837. The van der Waals surface area contributed by atoms with E-state index in [0.29, 0.717) is 6.04 Å². The maximum atomic E-state index is 4.28. The van der Waals surface area contributed by atoms with E-state index in [2.05, 4.69) is 63.9 Å². The highest BCUT2D eigenvalue weighted by molar-refractivity contribution is 14.0. The van der Waals surface area contributed by atoms with Crippen LogP contribution >= 0.6 is 24.0 Å². The number of aromatic nitrogens is 2. The van der Waals surface area contributed by atoms with Gasteiger partial charge in [-0.25, -0.2) is 0 Å². The lowest BCUT2D eigenvalue weighted by Gasteiger charge is -2.27.